The number of furan rings is 1. The topological polar surface area (TPSA) is 98.4 Å². The quantitative estimate of drug-likeness (QED) is 0.872. The number of carbonyl (C=O) groups excluding carboxylic acids is 2. The van der Waals surface area contributed by atoms with Crippen LogP contribution >= 0.6 is 0 Å². The summed E-state index contributed by atoms with van der Waals surface area (Å²) in [7, 11) is 0. The van der Waals surface area contributed by atoms with Crippen molar-refractivity contribution in [3.63, 3.8) is 0 Å². The molecule has 1 aliphatic rings. The highest BCUT2D eigenvalue weighted by molar-refractivity contribution is 5.94. The number of piperidine rings is 1. The number of carbonyl (C=O) groups is 2. The minimum Gasteiger partial charge on any atom is -0.440 e. The second-order valence-electron chi connectivity index (χ2n) is 6.14. The van der Waals surface area contributed by atoms with Crippen LogP contribution in [0.4, 0.5) is 5.69 Å². The van der Waals surface area contributed by atoms with Gasteiger partial charge in [0.2, 0.25) is 11.7 Å². The first-order valence-electron chi connectivity index (χ1n) is 8.46. The van der Waals surface area contributed by atoms with Gasteiger partial charge in [-0.1, -0.05) is 18.2 Å². The third kappa shape index (κ3) is 3.76. The van der Waals surface area contributed by atoms with Crippen LogP contribution in [0.25, 0.3) is 0 Å². The van der Waals surface area contributed by atoms with Gasteiger partial charge in [-0.05, 0) is 37.2 Å². The van der Waals surface area contributed by atoms with Crippen molar-refractivity contribution in [1.29, 1.82) is 5.26 Å². The Kier molecular flexibility index (Phi) is 5.34. The Balaban J connectivity index is 1.81. The Bertz CT molecular complexity index is 825. The minimum absolute atomic E-state index is 0.0890. The summed E-state index contributed by atoms with van der Waals surface area (Å²) >= 11 is 0. The van der Waals surface area contributed by atoms with Gasteiger partial charge in [0, 0.05) is 19.2 Å². The number of amides is 2. The van der Waals surface area contributed by atoms with Crippen molar-refractivity contribution in [2.45, 2.75) is 25.4 Å². The monoisotopic (exact) mass is 352 g/mol. The highest BCUT2D eigenvalue weighted by Gasteiger charge is 2.34. The predicted molar refractivity (Wildman–Crippen MR) is 95.6 cm³/mol. The number of nitriles is 1. The molecule has 0 saturated carbocycles. The summed E-state index contributed by atoms with van der Waals surface area (Å²) in [5.74, 6) is -0.298. The zero-order valence-corrected chi connectivity index (χ0v) is 14.4. The van der Waals surface area contributed by atoms with Crippen LogP contribution in [-0.2, 0) is 4.79 Å². The van der Waals surface area contributed by atoms with E-state index in [2.05, 4.69) is 10.6 Å². The number of para-hydroxylation sites is 1. The molecule has 7 heteroatoms. The highest BCUT2D eigenvalue weighted by Crippen LogP contribution is 2.21. The number of anilines is 1. The van der Waals surface area contributed by atoms with Gasteiger partial charge < -0.3 is 20.0 Å². The molecule has 2 atom stereocenters. The minimum atomic E-state index is -0.389. The second kappa shape index (κ2) is 7.85. The molecule has 1 saturated heterocycles. The maximum absolute atomic E-state index is 12.5. The molecule has 1 fully saturated rings. The molecule has 0 bridgehead atoms. The van der Waals surface area contributed by atoms with Crippen LogP contribution < -0.4 is 15.5 Å². The molecule has 1 aliphatic heterocycles. The average molecular weight is 352 g/mol. The second-order valence-corrected chi connectivity index (χ2v) is 6.14. The van der Waals surface area contributed by atoms with Gasteiger partial charge in [-0.15, -0.1) is 0 Å². The molecule has 0 spiro atoms. The van der Waals surface area contributed by atoms with E-state index in [4.69, 9.17) is 9.68 Å². The van der Waals surface area contributed by atoms with Crippen molar-refractivity contribution in [2.75, 3.05) is 18.0 Å². The van der Waals surface area contributed by atoms with Crippen molar-refractivity contribution >= 4 is 17.5 Å². The largest absolute Gasteiger partial charge is 0.440 e. The molecule has 0 aliphatic carbocycles. The fourth-order valence-corrected chi connectivity index (χ4v) is 3.24. The first-order chi connectivity index (χ1) is 12.6. The van der Waals surface area contributed by atoms with Crippen molar-refractivity contribution < 1.29 is 14.0 Å². The van der Waals surface area contributed by atoms with Crippen LogP contribution in [0.5, 0.6) is 0 Å². The van der Waals surface area contributed by atoms with Gasteiger partial charge in [-0.2, -0.15) is 5.26 Å². The first-order valence-corrected chi connectivity index (χ1v) is 8.46. The lowest BCUT2D eigenvalue weighted by molar-refractivity contribution is -0.117. The fraction of sp³-hybridized carbons (Fsp3) is 0.316. The molecule has 1 aromatic carbocycles. The van der Waals surface area contributed by atoms with Gasteiger partial charge in [-0.25, -0.2) is 0 Å². The lowest BCUT2D eigenvalue weighted by Crippen LogP contribution is -2.61. The van der Waals surface area contributed by atoms with Crippen LogP contribution in [0, 0.1) is 11.3 Å². The van der Waals surface area contributed by atoms with Gasteiger partial charge in [0.15, 0.2) is 5.76 Å². The maximum atomic E-state index is 12.5. The Hall–Kier alpha value is -3.11. The highest BCUT2D eigenvalue weighted by atomic mass is 16.3. The number of benzene rings is 1. The summed E-state index contributed by atoms with van der Waals surface area (Å²) in [5, 5.41) is 15.1. The Morgan fingerprint density at radius 2 is 2.04 bits per heavy atom. The molecule has 2 amide bonds. The smallest absolute Gasteiger partial charge is 0.287 e. The molecule has 0 radical (unpaired) electrons. The van der Waals surface area contributed by atoms with Crippen molar-refractivity contribution in [1.82, 2.24) is 10.6 Å². The fourth-order valence-electron chi connectivity index (χ4n) is 3.24. The van der Waals surface area contributed by atoms with Gasteiger partial charge in [0.25, 0.3) is 5.91 Å². The lowest BCUT2D eigenvalue weighted by Gasteiger charge is -2.40. The van der Waals surface area contributed by atoms with E-state index in [9.17, 15) is 9.59 Å². The molecule has 134 valence electrons. The molecule has 2 aromatic rings. The molecular formula is C19H20N4O3. The van der Waals surface area contributed by atoms with Crippen LogP contribution in [0.2, 0.25) is 0 Å². The van der Waals surface area contributed by atoms with Gasteiger partial charge >= 0.3 is 0 Å². The van der Waals surface area contributed by atoms with Crippen LogP contribution in [0.1, 0.15) is 29.7 Å². The number of hydrogen-bond acceptors (Lipinski definition) is 5. The van der Waals surface area contributed by atoms with E-state index in [0.29, 0.717) is 13.0 Å². The molecule has 2 unspecified atom stereocenters. The third-order valence-corrected chi connectivity index (χ3v) is 4.41. The molecule has 1 aromatic heterocycles. The number of nitrogens with zero attached hydrogens (tertiary/aromatic N) is 2. The number of hydrogen-bond donors (Lipinski definition) is 2. The summed E-state index contributed by atoms with van der Waals surface area (Å²) in [6, 6.07) is 13.7. The van der Waals surface area contributed by atoms with Crippen molar-refractivity contribution in [3.05, 3.63) is 54.0 Å². The Morgan fingerprint density at radius 3 is 2.69 bits per heavy atom. The predicted octanol–water partition coefficient (Wildman–Crippen LogP) is 1.66. The standard InChI is InChI=1S/C19H20N4O3/c1-13(24)23(14-5-3-2-4-6-14)17-12-21-10-9-16(17)22-19(25)18-8-7-15(11-20)26-18/h2-8,16-17,21H,9-10,12H2,1H3,(H,22,25). The van der Waals surface area contributed by atoms with E-state index in [1.165, 1.54) is 19.1 Å². The summed E-state index contributed by atoms with van der Waals surface area (Å²) in [4.78, 5) is 26.5. The lowest BCUT2D eigenvalue weighted by atomic mass is 9.98. The summed E-state index contributed by atoms with van der Waals surface area (Å²) < 4.78 is 5.19. The molecule has 26 heavy (non-hydrogen) atoms. The summed E-state index contributed by atoms with van der Waals surface area (Å²) in [5.41, 5.74) is 0.790. The SMILES string of the molecule is CC(=O)N(c1ccccc1)C1CNCCC1NC(=O)c1ccc(C#N)o1. The van der Waals surface area contributed by atoms with E-state index in [1.807, 2.05) is 36.4 Å². The van der Waals surface area contributed by atoms with Crippen molar-refractivity contribution in [3.8, 4) is 6.07 Å². The van der Waals surface area contributed by atoms with Crippen molar-refractivity contribution in [2.24, 2.45) is 0 Å². The molecule has 7 nitrogen and oxygen atoms in total. The number of nitrogens with one attached hydrogen (secondary N) is 2. The van der Waals surface area contributed by atoms with E-state index in [-0.39, 0.29) is 35.4 Å². The van der Waals surface area contributed by atoms with Gasteiger partial charge in [0.05, 0.1) is 12.1 Å². The zero-order valence-electron chi connectivity index (χ0n) is 14.4. The molecule has 3 rings (SSSR count). The molecule has 2 N–H and O–H groups in total. The van der Waals surface area contributed by atoms with E-state index in [1.54, 1.807) is 4.90 Å². The summed E-state index contributed by atoms with van der Waals surface area (Å²) in [6.45, 7) is 2.83. The molecule has 2 heterocycles. The first kappa shape index (κ1) is 17.7. The van der Waals surface area contributed by atoms with E-state index >= 15 is 0 Å². The Morgan fingerprint density at radius 1 is 1.27 bits per heavy atom. The zero-order chi connectivity index (χ0) is 18.5. The maximum Gasteiger partial charge on any atom is 0.287 e. The number of rotatable bonds is 4. The van der Waals surface area contributed by atoms with E-state index in [0.717, 1.165) is 12.2 Å². The summed E-state index contributed by atoms with van der Waals surface area (Å²) in [6.07, 6.45) is 0.679. The van der Waals surface area contributed by atoms with Crippen LogP contribution in [0.15, 0.2) is 46.9 Å². The normalized spacial score (nSPS) is 19.4. The Labute approximate surface area is 151 Å². The van der Waals surface area contributed by atoms with E-state index < -0.39 is 0 Å². The average Bonchev–Trinajstić information content (AvgIpc) is 3.13. The third-order valence-electron chi connectivity index (χ3n) is 4.41. The van der Waals surface area contributed by atoms with Gasteiger partial charge in [0.1, 0.15) is 6.07 Å². The molecular weight excluding hydrogens is 332 g/mol. The van der Waals surface area contributed by atoms with Gasteiger partial charge in [-0.3, -0.25) is 9.59 Å². The van der Waals surface area contributed by atoms with Crippen LogP contribution in [-0.4, -0.2) is 37.0 Å². The van der Waals surface area contributed by atoms with Crippen LogP contribution in [0.3, 0.4) is 0 Å².